The normalized spacial score (nSPS) is 15.5. The lowest BCUT2D eigenvalue weighted by Gasteiger charge is -2.30. The Morgan fingerprint density at radius 2 is 2.03 bits per heavy atom. The second kappa shape index (κ2) is 10.2. The molecule has 37 heavy (non-hydrogen) atoms. The van der Waals surface area contributed by atoms with Crippen molar-refractivity contribution >= 4 is 40.4 Å². The Labute approximate surface area is 211 Å². The number of amides is 3. The van der Waals surface area contributed by atoms with Crippen LogP contribution in [0, 0.1) is 5.92 Å². The van der Waals surface area contributed by atoms with E-state index in [0.717, 1.165) is 5.56 Å². The van der Waals surface area contributed by atoms with Crippen molar-refractivity contribution in [3.8, 4) is 5.75 Å². The molecule has 12 nitrogen and oxygen atoms in total. The fraction of sp³-hybridized carbons (Fsp3) is 0.360. The number of benzene rings is 1. The van der Waals surface area contributed by atoms with Crippen LogP contribution in [0.1, 0.15) is 46.2 Å². The Kier molecular flexibility index (Phi) is 6.71. The number of piperidine rings is 1. The van der Waals surface area contributed by atoms with Crippen LogP contribution < -0.4 is 15.4 Å². The maximum absolute atomic E-state index is 13.2. The average molecular weight is 507 g/mol. The van der Waals surface area contributed by atoms with Crippen molar-refractivity contribution in [2.75, 3.05) is 31.6 Å². The molecule has 2 aliphatic heterocycles. The van der Waals surface area contributed by atoms with E-state index < -0.39 is 5.91 Å². The molecule has 4 heterocycles. The number of hydrogen-bond acceptors (Lipinski definition) is 8. The van der Waals surface area contributed by atoms with Crippen molar-refractivity contribution in [2.24, 2.45) is 5.92 Å². The minimum atomic E-state index is -0.443. The average Bonchev–Trinajstić information content (AvgIpc) is 3.35. The molecule has 0 saturated carbocycles. The largest absolute Gasteiger partial charge is 0.482 e. The molecule has 2 aromatic heterocycles. The van der Waals surface area contributed by atoms with Gasteiger partial charge in [0, 0.05) is 25.8 Å². The van der Waals surface area contributed by atoms with Crippen LogP contribution in [0.4, 0.5) is 5.69 Å². The molecule has 2 aliphatic rings. The minimum Gasteiger partial charge on any atom is -0.482 e. The Hall–Kier alpha value is -4.48. The third kappa shape index (κ3) is 4.95. The van der Waals surface area contributed by atoms with Gasteiger partial charge in [0.2, 0.25) is 0 Å². The van der Waals surface area contributed by atoms with E-state index >= 15 is 0 Å². The number of likely N-dealkylation sites (tertiary alicyclic amines) is 1. The van der Waals surface area contributed by atoms with E-state index in [9.17, 15) is 19.2 Å². The highest BCUT2D eigenvalue weighted by Crippen LogP contribution is 2.28. The number of H-pyrrole nitrogens is 1. The van der Waals surface area contributed by atoms with Crippen molar-refractivity contribution in [2.45, 2.75) is 26.3 Å². The summed E-state index contributed by atoms with van der Waals surface area (Å²) in [5.74, 6) is -0.765. The molecule has 0 radical (unpaired) electrons. The van der Waals surface area contributed by atoms with Crippen molar-refractivity contribution in [3.05, 3.63) is 47.5 Å². The van der Waals surface area contributed by atoms with Crippen molar-refractivity contribution < 1.29 is 28.7 Å². The lowest BCUT2D eigenvalue weighted by Crippen LogP contribution is -2.40. The first kappa shape index (κ1) is 24.2. The first-order chi connectivity index (χ1) is 17.9. The maximum Gasteiger partial charge on any atom is 0.309 e. The maximum atomic E-state index is 13.2. The third-order valence-electron chi connectivity index (χ3n) is 6.44. The molecule has 0 bridgehead atoms. The summed E-state index contributed by atoms with van der Waals surface area (Å²) in [6.07, 6.45) is 3.85. The number of carbonyl (C=O) groups excluding carboxylic acids is 4. The van der Waals surface area contributed by atoms with Gasteiger partial charge in [0.05, 0.1) is 29.3 Å². The van der Waals surface area contributed by atoms with Crippen molar-refractivity contribution in [3.63, 3.8) is 0 Å². The smallest absolute Gasteiger partial charge is 0.309 e. The monoisotopic (exact) mass is 506 g/mol. The summed E-state index contributed by atoms with van der Waals surface area (Å²) in [5.41, 5.74) is 2.47. The number of rotatable bonds is 6. The molecule has 3 N–H and O–H groups in total. The van der Waals surface area contributed by atoms with E-state index in [-0.39, 0.29) is 42.5 Å². The molecule has 12 heteroatoms. The standard InChI is InChI=1S/C25H26N6O6/c1-2-36-25(35)15-5-7-31(8-6-15)24(34)16-11-26-21-20(16)28-13-29-22(21)23(33)27-10-14-3-4-18-17(9-14)30-19(32)12-37-18/h3-4,9,11,13,15,26H,2,5-8,10,12H2,1H3,(H,27,33)(H,30,32). The number of nitrogens with one attached hydrogen (secondary N) is 3. The number of fused-ring (bicyclic) bond motifs is 2. The second-order valence-corrected chi connectivity index (χ2v) is 8.82. The zero-order chi connectivity index (χ0) is 25.9. The number of hydrogen-bond donors (Lipinski definition) is 3. The van der Waals surface area contributed by atoms with E-state index in [1.165, 1.54) is 12.5 Å². The van der Waals surface area contributed by atoms with Gasteiger partial charge in [0.25, 0.3) is 17.7 Å². The minimum absolute atomic E-state index is 0.0285. The fourth-order valence-electron chi connectivity index (χ4n) is 4.53. The molecule has 0 spiro atoms. The number of anilines is 1. The Balaban J connectivity index is 1.26. The summed E-state index contributed by atoms with van der Waals surface area (Å²) in [6, 6.07) is 5.26. The van der Waals surface area contributed by atoms with Gasteiger partial charge in [-0.25, -0.2) is 9.97 Å². The van der Waals surface area contributed by atoms with Gasteiger partial charge >= 0.3 is 5.97 Å². The quantitative estimate of drug-likeness (QED) is 0.426. The number of aromatic amines is 1. The fourth-order valence-corrected chi connectivity index (χ4v) is 4.53. The highest BCUT2D eigenvalue weighted by Gasteiger charge is 2.30. The van der Waals surface area contributed by atoms with Gasteiger partial charge in [-0.15, -0.1) is 0 Å². The summed E-state index contributed by atoms with van der Waals surface area (Å²) >= 11 is 0. The Morgan fingerprint density at radius 3 is 2.81 bits per heavy atom. The Morgan fingerprint density at radius 1 is 1.22 bits per heavy atom. The molecule has 1 fully saturated rings. The van der Waals surface area contributed by atoms with Crippen LogP contribution in [0.15, 0.2) is 30.7 Å². The van der Waals surface area contributed by atoms with E-state index in [2.05, 4.69) is 25.6 Å². The van der Waals surface area contributed by atoms with Crippen LogP contribution in [0.25, 0.3) is 11.0 Å². The van der Waals surface area contributed by atoms with Crippen LogP contribution in [-0.4, -0.2) is 69.8 Å². The number of aromatic nitrogens is 3. The summed E-state index contributed by atoms with van der Waals surface area (Å²) in [7, 11) is 0. The van der Waals surface area contributed by atoms with Crippen LogP contribution in [-0.2, 0) is 20.9 Å². The van der Waals surface area contributed by atoms with Gasteiger partial charge in [-0.05, 0) is 37.5 Å². The molecule has 0 aliphatic carbocycles. The first-order valence-corrected chi connectivity index (χ1v) is 12.1. The van der Waals surface area contributed by atoms with Gasteiger partial charge in [-0.1, -0.05) is 6.07 Å². The zero-order valence-corrected chi connectivity index (χ0v) is 20.2. The molecule has 1 aromatic carbocycles. The van der Waals surface area contributed by atoms with Gasteiger partial charge in [0.1, 0.15) is 17.6 Å². The lowest BCUT2D eigenvalue weighted by atomic mass is 9.96. The van der Waals surface area contributed by atoms with E-state index in [4.69, 9.17) is 9.47 Å². The molecule has 3 aromatic rings. The van der Waals surface area contributed by atoms with Crippen LogP contribution in [0.3, 0.4) is 0 Å². The summed E-state index contributed by atoms with van der Waals surface area (Å²) in [4.78, 5) is 62.7. The second-order valence-electron chi connectivity index (χ2n) is 8.82. The van der Waals surface area contributed by atoms with Gasteiger partial charge in [-0.2, -0.15) is 0 Å². The van der Waals surface area contributed by atoms with E-state index in [0.29, 0.717) is 60.6 Å². The molecule has 1 saturated heterocycles. The summed E-state index contributed by atoms with van der Waals surface area (Å²) in [6.45, 7) is 3.13. The van der Waals surface area contributed by atoms with Gasteiger partial charge in [-0.3, -0.25) is 19.2 Å². The molecule has 3 amide bonds. The first-order valence-electron chi connectivity index (χ1n) is 12.1. The predicted molar refractivity (Wildman–Crippen MR) is 131 cm³/mol. The third-order valence-corrected chi connectivity index (χ3v) is 6.44. The van der Waals surface area contributed by atoms with Crippen molar-refractivity contribution in [1.29, 1.82) is 0 Å². The number of carbonyl (C=O) groups is 4. The number of nitrogens with zero attached hydrogens (tertiary/aromatic N) is 3. The predicted octanol–water partition coefficient (Wildman–Crippen LogP) is 1.63. The summed E-state index contributed by atoms with van der Waals surface area (Å²) < 4.78 is 10.4. The molecule has 0 atom stereocenters. The SMILES string of the molecule is CCOC(=O)C1CCN(C(=O)c2c[nH]c3c(C(=O)NCc4ccc5c(c4)NC(=O)CO5)ncnc23)CC1. The molecule has 5 rings (SSSR count). The highest BCUT2D eigenvalue weighted by molar-refractivity contribution is 6.10. The molecular weight excluding hydrogens is 480 g/mol. The van der Waals surface area contributed by atoms with Crippen LogP contribution in [0.2, 0.25) is 0 Å². The Bertz CT molecular complexity index is 1380. The summed E-state index contributed by atoms with van der Waals surface area (Å²) in [5, 5.41) is 5.55. The zero-order valence-electron chi connectivity index (χ0n) is 20.2. The van der Waals surface area contributed by atoms with Crippen LogP contribution in [0.5, 0.6) is 5.75 Å². The van der Waals surface area contributed by atoms with E-state index in [1.807, 2.05) is 0 Å². The molecule has 192 valence electrons. The van der Waals surface area contributed by atoms with Crippen LogP contribution >= 0.6 is 0 Å². The topological polar surface area (TPSA) is 156 Å². The number of ether oxygens (including phenoxy) is 2. The van der Waals surface area contributed by atoms with E-state index in [1.54, 1.807) is 30.0 Å². The highest BCUT2D eigenvalue weighted by atomic mass is 16.5. The van der Waals surface area contributed by atoms with Crippen molar-refractivity contribution in [1.82, 2.24) is 25.2 Å². The molecule has 0 unspecified atom stereocenters. The van der Waals surface area contributed by atoms with Gasteiger partial charge in [0.15, 0.2) is 12.3 Å². The van der Waals surface area contributed by atoms with Gasteiger partial charge < -0.3 is 30.0 Å². The number of esters is 1. The molecular formula is C25H26N6O6. The lowest BCUT2D eigenvalue weighted by molar-refractivity contribution is -0.149.